The summed E-state index contributed by atoms with van der Waals surface area (Å²) in [6, 6.07) is 3.85. The number of hydrogen-bond acceptors (Lipinski definition) is 3. The molecule has 0 amide bonds. The van der Waals surface area contributed by atoms with E-state index >= 15 is 0 Å². The summed E-state index contributed by atoms with van der Waals surface area (Å²) in [5.41, 5.74) is 0. The SMILES string of the molecule is CN(CCCCC(=O)O)c1ccc(Cl)s1. The number of aliphatic carboxylic acids is 1. The highest BCUT2D eigenvalue weighted by Crippen LogP contribution is 2.28. The number of anilines is 1. The summed E-state index contributed by atoms with van der Waals surface area (Å²) in [5, 5.41) is 9.59. The van der Waals surface area contributed by atoms with Gasteiger partial charge in [0.15, 0.2) is 0 Å². The first kappa shape index (κ1) is 12.3. The van der Waals surface area contributed by atoms with E-state index in [1.165, 1.54) is 11.3 Å². The predicted octanol–water partition coefficient (Wildman–Crippen LogP) is 3.09. The van der Waals surface area contributed by atoms with Crippen LogP contribution < -0.4 is 4.90 Å². The topological polar surface area (TPSA) is 40.5 Å². The van der Waals surface area contributed by atoms with E-state index in [9.17, 15) is 4.79 Å². The first-order chi connectivity index (χ1) is 7.09. The van der Waals surface area contributed by atoms with Gasteiger partial charge in [0.1, 0.15) is 0 Å². The van der Waals surface area contributed by atoms with Gasteiger partial charge in [-0.1, -0.05) is 11.6 Å². The highest BCUT2D eigenvalue weighted by Gasteiger charge is 2.04. The van der Waals surface area contributed by atoms with Gasteiger partial charge < -0.3 is 10.0 Å². The van der Waals surface area contributed by atoms with Crippen LogP contribution in [0.25, 0.3) is 0 Å². The van der Waals surface area contributed by atoms with Crippen LogP contribution in [-0.4, -0.2) is 24.7 Å². The molecule has 1 aromatic rings. The second-order valence-corrected chi connectivity index (χ2v) is 5.04. The van der Waals surface area contributed by atoms with Crippen molar-refractivity contribution >= 4 is 33.9 Å². The van der Waals surface area contributed by atoms with Gasteiger partial charge in [-0.15, -0.1) is 11.3 Å². The number of unbranched alkanes of at least 4 members (excludes halogenated alkanes) is 1. The molecule has 0 saturated heterocycles. The Labute approximate surface area is 98.3 Å². The summed E-state index contributed by atoms with van der Waals surface area (Å²) in [4.78, 5) is 12.4. The lowest BCUT2D eigenvalue weighted by Crippen LogP contribution is -2.17. The smallest absolute Gasteiger partial charge is 0.303 e. The van der Waals surface area contributed by atoms with Crippen LogP contribution in [0.2, 0.25) is 4.34 Å². The van der Waals surface area contributed by atoms with Crippen molar-refractivity contribution < 1.29 is 9.90 Å². The zero-order valence-electron chi connectivity index (χ0n) is 8.57. The molecule has 0 saturated carbocycles. The summed E-state index contributed by atoms with van der Waals surface area (Å²) in [6.45, 7) is 0.865. The van der Waals surface area contributed by atoms with Gasteiger partial charge >= 0.3 is 5.97 Å². The molecule has 0 aliphatic carbocycles. The largest absolute Gasteiger partial charge is 0.481 e. The van der Waals surface area contributed by atoms with Crippen LogP contribution in [0.1, 0.15) is 19.3 Å². The molecular formula is C10H14ClNO2S. The van der Waals surface area contributed by atoms with Crippen molar-refractivity contribution in [2.24, 2.45) is 0 Å². The van der Waals surface area contributed by atoms with Crippen LogP contribution in [0.4, 0.5) is 5.00 Å². The van der Waals surface area contributed by atoms with Gasteiger partial charge in [-0.2, -0.15) is 0 Å². The number of hydrogen-bond donors (Lipinski definition) is 1. The highest BCUT2D eigenvalue weighted by atomic mass is 35.5. The van der Waals surface area contributed by atoms with E-state index in [1.54, 1.807) is 0 Å². The van der Waals surface area contributed by atoms with E-state index in [-0.39, 0.29) is 6.42 Å². The van der Waals surface area contributed by atoms with Crippen molar-refractivity contribution in [1.29, 1.82) is 0 Å². The van der Waals surface area contributed by atoms with Crippen molar-refractivity contribution in [2.45, 2.75) is 19.3 Å². The van der Waals surface area contributed by atoms with Crippen molar-refractivity contribution in [3.05, 3.63) is 16.5 Å². The Hall–Kier alpha value is -0.740. The second kappa shape index (κ2) is 5.98. The Kier molecular flexibility index (Phi) is 4.91. The Morgan fingerprint density at radius 2 is 2.27 bits per heavy atom. The average Bonchev–Trinajstić information content (AvgIpc) is 2.59. The molecule has 15 heavy (non-hydrogen) atoms. The maximum atomic E-state index is 10.3. The third-order valence-electron chi connectivity index (χ3n) is 2.07. The summed E-state index contributed by atoms with van der Waals surface area (Å²) < 4.78 is 0.780. The van der Waals surface area contributed by atoms with Gasteiger partial charge in [0.05, 0.1) is 9.34 Å². The molecule has 0 radical (unpaired) electrons. The van der Waals surface area contributed by atoms with E-state index < -0.39 is 5.97 Å². The molecule has 0 fully saturated rings. The number of carbonyl (C=O) groups is 1. The van der Waals surface area contributed by atoms with Crippen molar-refractivity contribution in [1.82, 2.24) is 0 Å². The standard InChI is InChI=1S/C10H14ClNO2S/c1-12(7-3-2-4-10(13)14)9-6-5-8(11)15-9/h5-6H,2-4,7H2,1H3,(H,13,14). The molecule has 5 heteroatoms. The minimum atomic E-state index is -0.725. The Bertz CT molecular complexity index is 327. The van der Waals surface area contributed by atoms with Gasteiger partial charge in [0, 0.05) is 20.0 Å². The minimum Gasteiger partial charge on any atom is -0.481 e. The number of carboxylic acid groups (broad SMARTS) is 1. The van der Waals surface area contributed by atoms with Gasteiger partial charge in [0.2, 0.25) is 0 Å². The lowest BCUT2D eigenvalue weighted by Gasteiger charge is -2.16. The van der Waals surface area contributed by atoms with E-state index in [1.807, 2.05) is 19.2 Å². The van der Waals surface area contributed by atoms with E-state index in [4.69, 9.17) is 16.7 Å². The fourth-order valence-corrected chi connectivity index (χ4v) is 2.26. The average molecular weight is 248 g/mol. The molecule has 0 aliphatic heterocycles. The minimum absolute atomic E-state index is 0.249. The summed E-state index contributed by atoms with van der Waals surface area (Å²) >= 11 is 7.36. The zero-order chi connectivity index (χ0) is 11.3. The summed E-state index contributed by atoms with van der Waals surface area (Å²) in [5.74, 6) is -0.725. The number of halogens is 1. The van der Waals surface area contributed by atoms with Crippen molar-refractivity contribution in [3.63, 3.8) is 0 Å². The third kappa shape index (κ3) is 4.53. The van der Waals surface area contributed by atoms with Gasteiger partial charge in [0.25, 0.3) is 0 Å². The lowest BCUT2D eigenvalue weighted by molar-refractivity contribution is -0.137. The molecule has 1 rings (SSSR count). The summed E-state index contributed by atoms with van der Waals surface area (Å²) in [7, 11) is 1.99. The highest BCUT2D eigenvalue weighted by molar-refractivity contribution is 7.19. The maximum Gasteiger partial charge on any atom is 0.303 e. The van der Waals surface area contributed by atoms with E-state index in [0.29, 0.717) is 0 Å². The Balaban J connectivity index is 2.24. The van der Waals surface area contributed by atoms with E-state index in [2.05, 4.69) is 4.90 Å². The molecule has 0 unspecified atom stereocenters. The van der Waals surface area contributed by atoms with Crippen LogP contribution >= 0.6 is 22.9 Å². The molecule has 0 bridgehead atoms. The molecule has 1 N–H and O–H groups in total. The first-order valence-corrected chi connectivity index (χ1v) is 5.97. The first-order valence-electron chi connectivity index (χ1n) is 4.78. The fraction of sp³-hybridized carbons (Fsp3) is 0.500. The van der Waals surface area contributed by atoms with Gasteiger partial charge in [-0.25, -0.2) is 0 Å². The van der Waals surface area contributed by atoms with Crippen LogP contribution in [0.3, 0.4) is 0 Å². The molecule has 0 atom stereocenters. The van der Waals surface area contributed by atoms with Crippen LogP contribution in [0, 0.1) is 0 Å². The van der Waals surface area contributed by atoms with Gasteiger partial charge in [-0.05, 0) is 25.0 Å². The van der Waals surface area contributed by atoms with Crippen LogP contribution in [-0.2, 0) is 4.79 Å². The number of thiophene rings is 1. The monoisotopic (exact) mass is 247 g/mol. The number of carboxylic acids is 1. The normalized spacial score (nSPS) is 10.3. The molecule has 3 nitrogen and oxygen atoms in total. The third-order valence-corrected chi connectivity index (χ3v) is 3.41. The molecular weight excluding hydrogens is 234 g/mol. The fourth-order valence-electron chi connectivity index (χ4n) is 1.25. The molecule has 0 aliphatic rings. The van der Waals surface area contributed by atoms with E-state index in [0.717, 1.165) is 28.7 Å². The number of nitrogens with zero attached hydrogens (tertiary/aromatic N) is 1. The molecule has 0 aromatic carbocycles. The molecule has 1 aromatic heterocycles. The maximum absolute atomic E-state index is 10.3. The molecule has 84 valence electrons. The van der Waals surface area contributed by atoms with Crippen LogP contribution in [0.15, 0.2) is 12.1 Å². The predicted molar refractivity (Wildman–Crippen MR) is 64.1 cm³/mol. The number of rotatable bonds is 6. The zero-order valence-corrected chi connectivity index (χ0v) is 10.1. The molecule has 1 heterocycles. The van der Waals surface area contributed by atoms with Crippen molar-refractivity contribution in [2.75, 3.05) is 18.5 Å². The molecule has 0 spiro atoms. The Morgan fingerprint density at radius 1 is 1.53 bits per heavy atom. The Morgan fingerprint density at radius 3 is 2.80 bits per heavy atom. The lowest BCUT2D eigenvalue weighted by atomic mass is 10.2. The van der Waals surface area contributed by atoms with Gasteiger partial charge in [-0.3, -0.25) is 4.79 Å². The summed E-state index contributed by atoms with van der Waals surface area (Å²) in [6.07, 6.45) is 1.86. The van der Waals surface area contributed by atoms with Crippen molar-refractivity contribution in [3.8, 4) is 0 Å². The quantitative estimate of drug-likeness (QED) is 0.786. The second-order valence-electron chi connectivity index (χ2n) is 3.35. The van der Waals surface area contributed by atoms with Crippen LogP contribution in [0.5, 0.6) is 0 Å².